The van der Waals surface area contributed by atoms with Crippen molar-refractivity contribution in [1.82, 2.24) is 19.5 Å². The first-order valence-corrected chi connectivity index (χ1v) is 5.91. The molecule has 0 aliphatic heterocycles. The van der Waals surface area contributed by atoms with Gasteiger partial charge in [-0.05, 0) is 18.1 Å². The molecule has 0 amide bonds. The van der Waals surface area contributed by atoms with Crippen molar-refractivity contribution in [1.29, 1.82) is 0 Å². The zero-order chi connectivity index (χ0) is 14.1. The number of benzene rings is 1. The van der Waals surface area contributed by atoms with Crippen LogP contribution in [0.1, 0.15) is 11.4 Å². The normalized spacial score (nSPS) is 10.2. The highest BCUT2D eigenvalue weighted by Gasteiger charge is 2.10. The first-order chi connectivity index (χ1) is 9.65. The fourth-order valence-electron chi connectivity index (χ4n) is 1.86. The van der Waals surface area contributed by atoms with Crippen LogP contribution in [0.25, 0.3) is 11.2 Å². The monoisotopic (exact) mass is 266 g/mol. The molecule has 0 saturated carbocycles. The Morgan fingerprint density at radius 1 is 1.10 bits per heavy atom. The molecule has 0 aliphatic carbocycles. The largest absolute Gasteiger partial charge is 0.327 e. The van der Waals surface area contributed by atoms with E-state index in [9.17, 15) is 9.59 Å². The third-order valence-electron chi connectivity index (χ3n) is 2.86. The number of H-pyrrole nitrogens is 2. The highest BCUT2D eigenvalue weighted by molar-refractivity contribution is 5.70. The van der Waals surface area contributed by atoms with E-state index in [4.69, 9.17) is 0 Å². The van der Waals surface area contributed by atoms with Gasteiger partial charge < -0.3 is 4.57 Å². The van der Waals surface area contributed by atoms with E-state index in [-0.39, 0.29) is 5.52 Å². The lowest BCUT2D eigenvalue weighted by molar-refractivity contribution is 0.901. The second kappa shape index (κ2) is 4.55. The molecule has 98 valence electrons. The first kappa shape index (κ1) is 12.0. The molecule has 3 rings (SSSR count). The summed E-state index contributed by atoms with van der Waals surface area (Å²) < 4.78 is 1.59. The second-order valence-electron chi connectivity index (χ2n) is 4.22. The molecule has 0 bridgehead atoms. The fourth-order valence-corrected chi connectivity index (χ4v) is 1.86. The van der Waals surface area contributed by atoms with E-state index in [0.717, 1.165) is 5.56 Å². The van der Waals surface area contributed by atoms with Crippen LogP contribution in [0.15, 0.2) is 39.9 Å². The third-order valence-corrected chi connectivity index (χ3v) is 2.86. The highest BCUT2D eigenvalue weighted by atomic mass is 16.2. The Balaban J connectivity index is 2.17. The molecule has 0 fully saturated rings. The Hall–Kier alpha value is -3.07. The number of nitrogens with one attached hydrogen (secondary N) is 2. The molecule has 2 N–H and O–H groups in total. The number of aryl methyl sites for hydroxylation is 1. The van der Waals surface area contributed by atoms with Gasteiger partial charge in [-0.3, -0.25) is 14.8 Å². The van der Waals surface area contributed by atoms with Gasteiger partial charge in [-0.2, -0.15) is 0 Å². The Labute approximate surface area is 113 Å². The maximum atomic E-state index is 11.6. The van der Waals surface area contributed by atoms with Gasteiger partial charge in [0.05, 0.1) is 0 Å². The quantitative estimate of drug-likeness (QED) is 0.576. The van der Waals surface area contributed by atoms with Crippen molar-refractivity contribution in [2.45, 2.75) is 0 Å². The zero-order valence-corrected chi connectivity index (χ0v) is 10.6. The summed E-state index contributed by atoms with van der Waals surface area (Å²) in [6.45, 7) is 0. The van der Waals surface area contributed by atoms with E-state index in [1.807, 2.05) is 30.3 Å². The summed E-state index contributed by atoms with van der Waals surface area (Å²) in [5.41, 5.74) is 0.294. The number of nitrogens with zero attached hydrogens (tertiary/aromatic N) is 2. The van der Waals surface area contributed by atoms with Crippen LogP contribution in [-0.4, -0.2) is 19.5 Å². The molecule has 3 aromatic rings. The molecule has 0 radical (unpaired) electrons. The molecule has 0 spiro atoms. The fraction of sp³-hybridized carbons (Fsp3) is 0.0714. The summed E-state index contributed by atoms with van der Waals surface area (Å²) in [7, 11) is 1.69. The average Bonchev–Trinajstić information content (AvgIpc) is 2.75. The number of rotatable bonds is 0. The Kier molecular flexibility index (Phi) is 2.73. The van der Waals surface area contributed by atoms with Crippen LogP contribution in [0.5, 0.6) is 0 Å². The number of imidazole rings is 1. The number of aromatic amines is 2. The number of aromatic nitrogens is 4. The van der Waals surface area contributed by atoms with Gasteiger partial charge in [-0.1, -0.05) is 24.1 Å². The van der Waals surface area contributed by atoms with Crippen LogP contribution >= 0.6 is 0 Å². The Morgan fingerprint density at radius 2 is 1.85 bits per heavy atom. The predicted octanol–water partition coefficient (Wildman–Crippen LogP) is 0.350. The Morgan fingerprint density at radius 3 is 2.60 bits per heavy atom. The predicted molar refractivity (Wildman–Crippen MR) is 74.4 cm³/mol. The number of fused-ring (bicyclic) bond motifs is 1. The topological polar surface area (TPSA) is 83.5 Å². The summed E-state index contributed by atoms with van der Waals surface area (Å²) in [5, 5.41) is 0. The lowest BCUT2D eigenvalue weighted by atomic mass is 10.2. The van der Waals surface area contributed by atoms with Crippen LogP contribution in [0.4, 0.5) is 0 Å². The zero-order valence-electron chi connectivity index (χ0n) is 10.6. The number of hydrogen-bond acceptors (Lipinski definition) is 3. The van der Waals surface area contributed by atoms with Gasteiger partial charge in [0, 0.05) is 12.6 Å². The summed E-state index contributed by atoms with van der Waals surface area (Å²) in [5.74, 6) is 6.26. The lowest BCUT2D eigenvalue weighted by Gasteiger charge is -1.94. The van der Waals surface area contributed by atoms with Crippen molar-refractivity contribution in [3.05, 3.63) is 62.6 Å². The minimum absolute atomic E-state index is 0.171. The van der Waals surface area contributed by atoms with Crippen molar-refractivity contribution < 1.29 is 0 Å². The van der Waals surface area contributed by atoms with E-state index in [0.29, 0.717) is 11.5 Å². The molecule has 2 heterocycles. The van der Waals surface area contributed by atoms with Crippen molar-refractivity contribution in [3.63, 3.8) is 0 Å². The van der Waals surface area contributed by atoms with Crippen LogP contribution in [-0.2, 0) is 7.05 Å². The van der Waals surface area contributed by atoms with Crippen molar-refractivity contribution in [2.75, 3.05) is 0 Å². The molecule has 2 aromatic heterocycles. The highest BCUT2D eigenvalue weighted by Crippen LogP contribution is 2.05. The average molecular weight is 266 g/mol. The summed E-state index contributed by atoms with van der Waals surface area (Å²) in [6.07, 6.45) is 0. The summed E-state index contributed by atoms with van der Waals surface area (Å²) >= 11 is 0. The lowest BCUT2D eigenvalue weighted by Crippen LogP contribution is -2.22. The van der Waals surface area contributed by atoms with Crippen molar-refractivity contribution in [2.24, 2.45) is 7.05 Å². The van der Waals surface area contributed by atoms with Crippen molar-refractivity contribution in [3.8, 4) is 11.8 Å². The maximum absolute atomic E-state index is 11.6. The van der Waals surface area contributed by atoms with E-state index >= 15 is 0 Å². The van der Waals surface area contributed by atoms with E-state index in [2.05, 4.69) is 26.8 Å². The molecule has 0 aliphatic rings. The van der Waals surface area contributed by atoms with Crippen LogP contribution in [0, 0.1) is 11.8 Å². The number of hydrogen-bond donors (Lipinski definition) is 2. The second-order valence-corrected chi connectivity index (χ2v) is 4.22. The van der Waals surface area contributed by atoms with Crippen LogP contribution in [0.3, 0.4) is 0 Å². The van der Waals surface area contributed by atoms with Gasteiger partial charge in [0.15, 0.2) is 11.3 Å². The minimum atomic E-state index is -0.562. The van der Waals surface area contributed by atoms with Crippen LogP contribution in [0.2, 0.25) is 0 Å². The molecule has 6 heteroatoms. The summed E-state index contributed by atoms with van der Waals surface area (Å²) in [4.78, 5) is 31.7. The molecular weight excluding hydrogens is 256 g/mol. The molecule has 6 nitrogen and oxygen atoms in total. The van der Waals surface area contributed by atoms with E-state index in [1.165, 1.54) is 0 Å². The molecule has 0 unspecified atom stereocenters. The van der Waals surface area contributed by atoms with Crippen LogP contribution < -0.4 is 11.2 Å². The van der Waals surface area contributed by atoms with Gasteiger partial charge in [0.2, 0.25) is 0 Å². The molecule has 0 saturated heterocycles. The van der Waals surface area contributed by atoms with Gasteiger partial charge in [0.25, 0.3) is 5.56 Å². The van der Waals surface area contributed by atoms with E-state index < -0.39 is 11.2 Å². The molecule has 1 aromatic carbocycles. The minimum Gasteiger partial charge on any atom is -0.306 e. The SMILES string of the molecule is Cn1c(C#Cc2ccccc2)nc2c(=O)[nH]c(=O)[nH]c21. The van der Waals surface area contributed by atoms with Gasteiger partial charge in [-0.15, -0.1) is 0 Å². The molecule has 0 atom stereocenters. The van der Waals surface area contributed by atoms with Gasteiger partial charge in [0.1, 0.15) is 5.65 Å². The molecule has 20 heavy (non-hydrogen) atoms. The van der Waals surface area contributed by atoms with Crippen molar-refractivity contribution >= 4 is 11.2 Å². The van der Waals surface area contributed by atoms with Gasteiger partial charge in [-0.25, -0.2) is 9.78 Å². The Bertz CT molecular complexity index is 952. The third kappa shape index (κ3) is 2.01. The van der Waals surface area contributed by atoms with E-state index in [1.54, 1.807) is 11.6 Å². The molecular formula is C14H10N4O2. The smallest absolute Gasteiger partial charge is 0.306 e. The maximum Gasteiger partial charge on any atom is 0.327 e. The summed E-state index contributed by atoms with van der Waals surface area (Å²) in [6, 6.07) is 9.45. The van der Waals surface area contributed by atoms with Gasteiger partial charge >= 0.3 is 5.69 Å². The first-order valence-electron chi connectivity index (χ1n) is 5.91. The standard InChI is InChI=1S/C14H10N4O2/c1-18-10(8-7-9-5-3-2-4-6-9)15-11-12(18)16-14(20)17-13(11)19/h2-6H,1H3,(H2,16,17,19,20).